The van der Waals surface area contributed by atoms with Gasteiger partial charge in [-0.15, -0.1) is 0 Å². The largest absolute Gasteiger partial charge is 0.326 e. The number of sulfonamides is 1. The molecule has 0 radical (unpaired) electrons. The van der Waals surface area contributed by atoms with E-state index in [1.54, 1.807) is 42.5 Å². The van der Waals surface area contributed by atoms with Crippen LogP contribution in [0.25, 0.3) is 0 Å². The molecule has 25 heavy (non-hydrogen) atoms. The topological polar surface area (TPSA) is 66.5 Å². The Hall–Kier alpha value is -1.89. The molecule has 2 aromatic rings. The SMILES string of the molecule is Cc1c(Cl)cccc1NC(=O)CCc1ccc(S(=O)(=O)N(C)C)cc1. The first-order valence-electron chi connectivity index (χ1n) is 7.78. The van der Waals surface area contributed by atoms with E-state index in [9.17, 15) is 13.2 Å². The first-order valence-corrected chi connectivity index (χ1v) is 9.60. The van der Waals surface area contributed by atoms with Crippen LogP contribution < -0.4 is 5.32 Å². The second-order valence-electron chi connectivity index (χ2n) is 5.89. The number of nitrogens with one attached hydrogen (secondary N) is 1. The molecule has 0 aliphatic carbocycles. The van der Waals surface area contributed by atoms with E-state index in [1.165, 1.54) is 18.4 Å². The number of hydrogen-bond donors (Lipinski definition) is 1. The lowest BCUT2D eigenvalue weighted by Crippen LogP contribution is -2.22. The standard InChI is InChI=1S/C18H21ClN2O3S/c1-13-16(19)5-4-6-17(13)20-18(22)12-9-14-7-10-15(11-8-14)25(23,24)21(2)3/h4-8,10-11H,9,12H2,1-3H3,(H,20,22). The lowest BCUT2D eigenvalue weighted by Gasteiger charge is -2.12. The molecule has 134 valence electrons. The Bertz CT molecular complexity index is 862. The molecule has 0 aromatic heterocycles. The first kappa shape index (κ1) is 19.4. The van der Waals surface area contributed by atoms with E-state index in [1.807, 2.05) is 6.92 Å². The molecule has 2 aromatic carbocycles. The molecular formula is C18H21ClN2O3S. The number of aryl methyl sites for hydroxylation is 1. The van der Waals surface area contributed by atoms with E-state index in [-0.39, 0.29) is 10.8 Å². The van der Waals surface area contributed by atoms with Crippen molar-refractivity contribution in [3.63, 3.8) is 0 Å². The maximum absolute atomic E-state index is 12.1. The maximum atomic E-state index is 12.1. The average Bonchev–Trinajstić information content (AvgIpc) is 2.57. The molecule has 0 heterocycles. The fourth-order valence-electron chi connectivity index (χ4n) is 2.25. The molecule has 0 saturated heterocycles. The van der Waals surface area contributed by atoms with Crippen LogP contribution in [-0.2, 0) is 21.2 Å². The van der Waals surface area contributed by atoms with E-state index < -0.39 is 10.0 Å². The van der Waals surface area contributed by atoms with Gasteiger partial charge in [0.25, 0.3) is 0 Å². The van der Waals surface area contributed by atoms with Gasteiger partial charge in [-0.1, -0.05) is 29.8 Å². The maximum Gasteiger partial charge on any atom is 0.242 e. The van der Waals surface area contributed by atoms with Gasteiger partial charge in [0.05, 0.1) is 4.90 Å². The highest BCUT2D eigenvalue weighted by Gasteiger charge is 2.16. The van der Waals surface area contributed by atoms with Crippen LogP contribution in [0.3, 0.4) is 0 Å². The number of rotatable bonds is 6. The Labute approximate surface area is 153 Å². The molecule has 0 fully saturated rings. The van der Waals surface area contributed by atoms with Gasteiger partial charge in [0.15, 0.2) is 0 Å². The summed E-state index contributed by atoms with van der Waals surface area (Å²) < 4.78 is 25.2. The zero-order valence-corrected chi connectivity index (χ0v) is 16.0. The summed E-state index contributed by atoms with van der Waals surface area (Å²) in [6.45, 7) is 1.85. The van der Waals surface area contributed by atoms with Crippen LogP contribution in [0.2, 0.25) is 5.02 Å². The van der Waals surface area contributed by atoms with Gasteiger partial charge >= 0.3 is 0 Å². The quantitative estimate of drug-likeness (QED) is 0.834. The minimum Gasteiger partial charge on any atom is -0.326 e. The number of nitrogens with zero attached hydrogens (tertiary/aromatic N) is 1. The Morgan fingerprint density at radius 2 is 1.76 bits per heavy atom. The highest BCUT2D eigenvalue weighted by atomic mass is 35.5. The molecule has 0 bridgehead atoms. The van der Waals surface area contributed by atoms with Crippen LogP contribution in [0.15, 0.2) is 47.4 Å². The fourth-order valence-corrected chi connectivity index (χ4v) is 3.33. The lowest BCUT2D eigenvalue weighted by atomic mass is 10.1. The van der Waals surface area contributed by atoms with Crippen molar-refractivity contribution in [2.75, 3.05) is 19.4 Å². The molecule has 5 nitrogen and oxygen atoms in total. The molecule has 2 rings (SSSR count). The predicted molar refractivity (Wildman–Crippen MR) is 100 cm³/mol. The highest BCUT2D eigenvalue weighted by Crippen LogP contribution is 2.23. The highest BCUT2D eigenvalue weighted by molar-refractivity contribution is 7.89. The van der Waals surface area contributed by atoms with Gasteiger partial charge in [-0.2, -0.15) is 0 Å². The van der Waals surface area contributed by atoms with Gasteiger partial charge in [0, 0.05) is 31.2 Å². The van der Waals surface area contributed by atoms with E-state index in [0.717, 1.165) is 11.1 Å². The van der Waals surface area contributed by atoms with Gasteiger partial charge in [-0.05, 0) is 48.7 Å². The summed E-state index contributed by atoms with van der Waals surface area (Å²) in [5.74, 6) is -0.115. The Kier molecular flexibility index (Phi) is 6.21. The first-order chi connectivity index (χ1) is 11.7. The number of hydrogen-bond acceptors (Lipinski definition) is 3. The third kappa shape index (κ3) is 4.81. The normalized spacial score (nSPS) is 11.6. The van der Waals surface area contributed by atoms with Crippen LogP contribution in [0.4, 0.5) is 5.69 Å². The second kappa shape index (κ2) is 7.99. The van der Waals surface area contributed by atoms with Gasteiger partial charge in [0.1, 0.15) is 0 Å². The van der Waals surface area contributed by atoms with Crippen LogP contribution in [0.1, 0.15) is 17.5 Å². The zero-order valence-electron chi connectivity index (χ0n) is 14.4. The zero-order chi connectivity index (χ0) is 18.6. The number of carbonyl (C=O) groups excluding carboxylic acids is 1. The summed E-state index contributed by atoms with van der Waals surface area (Å²) in [5.41, 5.74) is 2.43. The number of carbonyl (C=O) groups is 1. The molecule has 0 aliphatic heterocycles. The lowest BCUT2D eigenvalue weighted by molar-refractivity contribution is -0.116. The van der Waals surface area contributed by atoms with Crippen molar-refractivity contribution in [2.24, 2.45) is 0 Å². The summed E-state index contributed by atoms with van der Waals surface area (Å²) in [6.07, 6.45) is 0.819. The number of amides is 1. The van der Waals surface area contributed by atoms with Crippen molar-refractivity contribution in [1.82, 2.24) is 4.31 Å². The molecule has 7 heteroatoms. The Morgan fingerprint density at radius 1 is 1.12 bits per heavy atom. The van der Waals surface area contributed by atoms with Crippen molar-refractivity contribution >= 4 is 33.2 Å². The smallest absolute Gasteiger partial charge is 0.242 e. The monoisotopic (exact) mass is 380 g/mol. The molecule has 0 aliphatic rings. The molecule has 0 saturated carbocycles. The van der Waals surface area contributed by atoms with Gasteiger partial charge in [-0.25, -0.2) is 12.7 Å². The third-order valence-corrected chi connectivity index (χ3v) is 6.12. The minimum atomic E-state index is -3.43. The van der Waals surface area contributed by atoms with E-state index in [0.29, 0.717) is 23.6 Å². The molecule has 1 N–H and O–H groups in total. The molecule has 1 amide bonds. The molecule has 0 spiro atoms. The van der Waals surface area contributed by atoms with Crippen LogP contribution in [-0.4, -0.2) is 32.7 Å². The van der Waals surface area contributed by atoms with E-state index in [4.69, 9.17) is 11.6 Å². The molecule has 0 atom stereocenters. The van der Waals surface area contributed by atoms with Gasteiger partial charge < -0.3 is 5.32 Å². The molecular weight excluding hydrogens is 360 g/mol. The average molecular weight is 381 g/mol. The van der Waals surface area contributed by atoms with Crippen molar-refractivity contribution in [3.8, 4) is 0 Å². The Balaban J connectivity index is 1.97. The second-order valence-corrected chi connectivity index (χ2v) is 8.45. The van der Waals surface area contributed by atoms with Gasteiger partial charge in [-0.3, -0.25) is 4.79 Å². The summed E-state index contributed by atoms with van der Waals surface area (Å²) in [6, 6.07) is 11.9. The van der Waals surface area contributed by atoms with Crippen molar-refractivity contribution in [3.05, 3.63) is 58.6 Å². The minimum absolute atomic E-state index is 0.115. The van der Waals surface area contributed by atoms with Crippen LogP contribution >= 0.6 is 11.6 Å². The third-order valence-electron chi connectivity index (χ3n) is 3.88. The van der Waals surface area contributed by atoms with Gasteiger partial charge in [0.2, 0.25) is 15.9 Å². The number of benzene rings is 2. The van der Waals surface area contributed by atoms with Crippen molar-refractivity contribution in [2.45, 2.75) is 24.7 Å². The summed E-state index contributed by atoms with van der Waals surface area (Å²) in [5, 5.41) is 3.45. The summed E-state index contributed by atoms with van der Waals surface area (Å²) >= 11 is 6.04. The number of halogens is 1. The predicted octanol–water partition coefficient (Wildman–Crippen LogP) is 3.47. The van der Waals surface area contributed by atoms with E-state index in [2.05, 4.69) is 5.32 Å². The summed E-state index contributed by atoms with van der Waals surface area (Å²) in [7, 11) is -0.450. The number of anilines is 1. The molecule has 0 unspecified atom stereocenters. The summed E-state index contributed by atoms with van der Waals surface area (Å²) in [4.78, 5) is 12.3. The van der Waals surface area contributed by atoms with Crippen LogP contribution in [0.5, 0.6) is 0 Å². The Morgan fingerprint density at radius 3 is 2.36 bits per heavy atom. The van der Waals surface area contributed by atoms with Crippen molar-refractivity contribution in [1.29, 1.82) is 0 Å². The van der Waals surface area contributed by atoms with Crippen LogP contribution in [0, 0.1) is 6.92 Å². The van der Waals surface area contributed by atoms with E-state index >= 15 is 0 Å². The van der Waals surface area contributed by atoms with Crippen molar-refractivity contribution < 1.29 is 13.2 Å². The fraction of sp³-hybridized carbons (Fsp3) is 0.278.